The van der Waals surface area contributed by atoms with Crippen LogP contribution in [0.2, 0.25) is 0 Å². The van der Waals surface area contributed by atoms with Crippen molar-refractivity contribution >= 4 is 0 Å². The zero-order valence-electron chi connectivity index (χ0n) is 12.1. The summed E-state index contributed by atoms with van der Waals surface area (Å²) in [7, 11) is 1.76. The lowest BCUT2D eigenvalue weighted by Gasteiger charge is -2.30. The minimum absolute atomic E-state index is 0.482. The van der Waals surface area contributed by atoms with Crippen LogP contribution in [0.15, 0.2) is 0 Å². The Morgan fingerprint density at radius 1 is 1.29 bits per heavy atom. The van der Waals surface area contributed by atoms with Crippen molar-refractivity contribution in [3.8, 4) is 0 Å². The van der Waals surface area contributed by atoms with E-state index in [9.17, 15) is 0 Å². The van der Waals surface area contributed by atoms with Crippen LogP contribution >= 0.6 is 0 Å². The Kier molecular flexibility index (Phi) is 7.14. The fraction of sp³-hybridized carbons (Fsp3) is 1.00. The first-order valence-corrected chi connectivity index (χ1v) is 7.40. The molecule has 17 heavy (non-hydrogen) atoms. The normalized spacial score (nSPS) is 20.6. The highest BCUT2D eigenvalue weighted by molar-refractivity contribution is 4.78. The maximum Gasteiger partial charge on any atom is 0.0587 e. The van der Waals surface area contributed by atoms with Crippen molar-refractivity contribution in [1.82, 2.24) is 5.32 Å². The van der Waals surface area contributed by atoms with E-state index in [1.807, 2.05) is 0 Å². The van der Waals surface area contributed by atoms with Crippen LogP contribution in [-0.4, -0.2) is 26.8 Å². The number of ether oxygens (including phenoxy) is 1. The van der Waals surface area contributed by atoms with E-state index in [-0.39, 0.29) is 0 Å². The largest absolute Gasteiger partial charge is 0.383 e. The predicted molar refractivity (Wildman–Crippen MR) is 74.3 cm³/mol. The van der Waals surface area contributed by atoms with E-state index in [4.69, 9.17) is 4.74 Å². The highest BCUT2D eigenvalue weighted by Gasteiger charge is 2.24. The summed E-state index contributed by atoms with van der Waals surface area (Å²) in [5.41, 5.74) is 0.482. The van der Waals surface area contributed by atoms with Crippen molar-refractivity contribution in [3.05, 3.63) is 0 Å². The third-order valence-electron chi connectivity index (χ3n) is 4.52. The molecular formula is C15H31NO. The van der Waals surface area contributed by atoms with Crippen LogP contribution in [0.25, 0.3) is 0 Å². The van der Waals surface area contributed by atoms with E-state index in [1.165, 1.54) is 44.9 Å². The van der Waals surface area contributed by atoms with Crippen molar-refractivity contribution in [2.75, 3.05) is 26.8 Å². The van der Waals surface area contributed by atoms with Crippen LogP contribution in [0.5, 0.6) is 0 Å². The first-order chi connectivity index (χ1) is 8.20. The molecular weight excluding hydrogens is 210 g/mol. The maximum absolute atomic E-state index is 5.07. The molecule has 0 aromatic rings. The van der Waals surface area contributed by atoms with Gasteiger partial charge in [-0.15, -0.1) is 0 Å². The summed E-state index contributed by atoms with van der Waals surface area (Å²) in [4.78, 5) is 0. The molecule has 0 aliphatic heterocycles. The van der Waals surface area contributed by atoms with Gasteiger partial charge in [0.05, 0.1) is 6.61 Å². The van der Waals surface area contributed by atoms with Crippen LogP contribution in [0.4, 0.5) is 0 Å². The predicted octanol–water partition coefficient (Wildman–Crippen LogP) is 3.61. The summed E-state index contributed by atoms with van der Waals surface area (Å²) < 4.78 is 5.07. The second-order valence-electron chi connectivity index (χ2n) is 6.02. The molecule has 1 fully saturated rings. The zero-order valence-corrected chi connectivity index (χ0v) is 12.1. The Morgan fingerprint density at radius 3 is 2.59 bits per heavy atom. The Bertz CT molecular complexity index is 189. The van der Waals surface area contributed by atoms with Crippen LogP contribution in [0.3, 0.4) is 0 Å². The summed E-state index contributed by atoms with van der Waals surface area (Å²) >= 11 is 0. The van der Waals surface area contributed by atoms with Gasteiger partial charge in [0, 0.05) is 20.2 Å². The van der Waals surface area contributed by atoms with E-state index in [1.54, 1.807) is 7.11 Å². The average molecular weight is 241 g/mol. The van der Waals surface area contributed by atoms with Gasteiger partial charge >= 0.3 is 0 Å². The lowest BCUT2D eigenvalue weighted by molar-refractivity contribution is 0.186. The van der Waals surface area contributed by atoms with Gasteiger partial charge in [-0.2, -0.15) is 0 Å². The lowest BCUT2D eigenvalue weighted by Crippen LogP contribution is -2.33. The SMILES string of the molecule is CCC(C)(CCC1CCCC1)CNCCOC. The van der Waals surface area contributed by atoms with E-state index in [2.05, 4.69) is 19.2 Å². The van der Waals surface area contributed by atoms with Gasteiger partial charge in [-0.1, -0.05) is 39.5 Å². The molecule has 0 amide bonds. The molecule has 1 saturated carbocycles. The molecule has 0 radical (unpaired) electrons. The van der Waals surface area contributed by atoms with Crippen LogP contribution in [0.1, 0.15) is 58.8 Å². The van der Waals surface area contributed by atoms with E-state index in [0.29, 0.717) is 5.41 Å². The van der Waals surface area contributed by atoms with Gasteiger partial charge in [-0.3, -0.25) is 0 Å². The van der Waals surface area contributed by atoms with Crippen LogP contribution < -0.4 is 5.32 Å². The minimum atomic E-state index is 0.482. The Balaban J connectivity index is 2.18. The highest BCUT2D eigenvalue weighted by Crippen LogP contribution is 2.34. The third-order valence-corrected chi connectivity index (χ3v) is 4.52. The summed E-state index contributed by atoms with van der Waals surface area (Å²) in [6.07, 6.45) is 10.0. The molecule has 2 nitrogen and oxygen atoms in total. The van der Waals surface area contributed by atoms with Gasteiger partial charge in [0.25, 0.3) is 0 Å². The number of hydrogen-bond acceptors (Lipinski definition) is 2. The quantitative estimate of drug-likeness (QED) is 0.623. The van der Waals surface area contributed by atoms with Gasteiger partial charge < -0.3 is 10.1 Å². The fourth-order valence-corrected chi connectivity index (χ4v) is 2.81. The first-order valence-electron chi connectivity index (χ1n) is 7.40. The average Bonchev–Trinajstić information content (AvgIpc) is 2.85. The standard InChI is InChI=1S/C15H31NO/c1-4-15(2,13-16-11-12-17-3)10-9-14-7-5-6-8-14/h14,16H,4-13H2,1-3H3. The summed E-state index contributed by atoms with van der Waals surface area (Å²) in [6.45, 7) is 7.70. The summed E-state index contributed by atoms with van der Waals surface area (Å²) in [6, 6.07) is 0. The van der Waals surface area contributed by atoms with Crippen LogP contribution in [-0.2, 0) is 4.74 Å². The van der Waals surface area contributed by atoms with Gasteiger partial charge in [-0.25, -0.2) is 0 Å². The molecule has 1 atom stereocenters. The third kappa shape index (κ3) is 5.87. The minimum Gasteiger partial charge on any atom is -0.383 e. The second kappa shape index (κ2) is 8.10. The summed E-state index contributed by atoms with van der Waals surface area (Å²) in [5.74, 6) is 1.03. The van der Waals surface area contributed by atoms with Gasteiger partial charge in [0.1, 0.15) is 0 Å². The molecule has 0 heterocycles. The number of rotatable bonds is 9. The van der Waals surface area contributed by atoms with Crippen molar-refractivity contribution in [2.45, 2.75) is 58.8 Å². The Labute approximate surface area is 108 Å². The number of methoxy groups -OCH3 is 1. The molecule has 1 aliphatic rings. The van der Waals surface area contributed by atoms with E-state index < -0.39 is 0 Å². The molecule has 0 spiro atoms. The molecule has 0 saturated heterocycles. The number of hydrogen-bond donors (Lipinski definition) is 1. The van der Waals surface area contributed by atoms with E-state index >= 15 is 0 Å². The second-order valence-corrected chi connectivity index (χ2v) is 6.02. The molecule has 2 heteroatoms. The fourth-order valence-electron chi connectivity index (χ4n) is 2.81. The molecule has 1 rings (SSSR count). The molecule has 102 valence electrons. The number of nitrogens with one attached hydrogen (secondary N) is 1. The molecule has 1 N–H and O–H groups in total. The van der Waals surface area contributed by atoms with Crippen molar-refractivity contribution in [1.29, 1.82) is 0 Å². The van der Waals surface area contributed by atoms with Gasteiger partial charge in [0.15, 0.2) is 0 Å². The monoisotopic (exact) mass is 241 g/mol. The Morgan fingerprint density at radius 2 is 2.00 bits per heavy atom. The Hall–Kier alpha value is -0.0800. The maximum atomic E-state index is 5.07. The van der Waals surface area contributed by atoms with E-state index in [0.717, 1.165) is 25.6 Å². The van der Waals surface area contributed by atoms with Crippen molar-refractivity contribution in [2.24, 2.45) is 11.3 Å². The molecule has 1 aliphatic carbocycles. The molecule has 1 unspecified atom stereocenters. The molecule has 0 aromatic heterocycles. The molecule has 0 aromatic carbocycles. The van der Waals surface area contributed by atoms with Crippen molar-refractivity contribution < 1.29 is 4.74 Å². The molecule has 0 bridgehead atoms. The van der Waals surface area contributed by atoms with Gasteiger partial charge in [-0.05, 0) is 30.6 Å². The van der Waals surface area contributed by atoms with Crippen molar-refractivity contribution in [3.63, 3.8) is 0 Å². The first kappa shape index (κ1) is 15.0. The zero-order chi connectivity index (χ0) is 12.6. The van der Waals surface area contributed by atoms with Gasteiger partial charge in [0.2, 0.25) is 0 Å². The highest BCUT2D eigenvalue weighted by atomic mass is 16.5. The lowest BCUT2D eigenvalue weighted by atomic mass is 9.80. The topological polar surface area (TPSA) is 21.3 Å². The van der Waals surface area contributed by atoms with Crippen LogP contribution in [0, 0.1) is 11.3 Å². The summed E-state index contributed by atoms with van der Waals surface area (Å²) in [5, 5.41) is 3.53. The smallest absolute Gasteiger partial charge is 0.0587 e.